The molecule has 160 valence electrons. The highest BCUT2D eigenvalue weighted by molar-refractivity contribution is 5.80. The topological polar surface area (TPSA) is 67.3 Å². The molecule has 1 fully saturated rings. The molecule has 1 N–H and O–H groups in total. The van der Waals surface area contributed by atoms with E-state index in [9.17, 15) is 4.79 Å². The van der Waals surface area contributed by atoms with Crippen LogP contribution in [0.25, 0.3) is 0 Å². The van der Waals surface area contributed by atoms with Crippen LogP contribution in [0.1, 0.15) is 36.9 Å². The summed E-state index contributed by atoms with van der Waals surface area (Å²) in [6.07, 6.45) is 6.93. The Labute approximate surface area is 183 Å². The third-order valence-corrected chi connectivity index (χ3v) is 5.61. The van der Waals surface area contributed by atoms with Crippen LogP contribution in [0, 0.1) is 5.92 Å². The van der Waals surface area contributed by atoms with Gasteiger partial charge in [0.25, 0.3) is 0 Å². The number of anilines is 1. The van der Waals surface area contributed by atoms with Gasteiger partial charge in [0.05, 0.1) is 24.8 Å². The number of piperidine rings is 1. The van der Waals surface area contributed by atoms with Crippen LogP contribution in [-0.4, -0.2) is 35.6 Å². The molecule has 1 amide bonds. The van der Waals surface area contributed by atoms with E-state index in [0.29, 0.717) is 13.2 Å². The predicted molar refractivity (Wildman–Crippen MR) is 121 cm³/mol. The molecule has 0 aliphatic carbocycles. The van der Waals surface area contributed by atoms with E-state index in [4.69, 9.17) is 4.74 Å². The van der Waals surface area contributed by atoms with Crippen LogP contribution >= 0.6 is 0 Å². The standard InChI is InChI=1S/C25H28N4O2/c1-2-31-22-12-10-20(11-13-22)24(19-7-4-3-5-8-19)28-25(30)21-9-6-16-29(18-21)23-17-26-14-15-27-23/h3-5,7-8,10-15,17,21,24H,2,6,9,16,18H2,1H3,(H,28,30)/t21-,24+/m0/s1. The maximum absolute atomic E-state index is 13.3. The first-order valence-electron chi connectivity index (χ1n) is 10.8. The fraction of sp³-hybridized carbons (Fsp3) is 0.320. The number of nitrogens with zero attached hydrogens (tertiary/aromatic N) is 3. The minimum atomic E-state index is -0.212. The average molecular weight is 417 g/mol. The quantitative estimate of drug-likeness (QED) is 0.631. The summed E-state index contributed by atoms with van der Waals surface area (Å²) in [5, 5.41) is 3.30. The van der Waals surface area contributed by atoms with Crippen LogP contribution < -0.4 is 15.0 Å². The van der Waals surface area contributed by atoms with Gasteiger partial charge in [0.1, 0.15) is 11.6 Å². The van der Waals surface area contributed by atoms with Crippen molar-refractivity contribution in [3.63, 3.8) is 0 Å². The molecule has 2 atom stereocenters. The van der Waals surface area contributed by atoms with Crippen LogP contribution in [0.4, 0.5) is 5.82 Å². The molecule has 1 aliphatic heterocycles. The minimum absolute atomic E-state index is 0.0660. The summed E-state index contributed by atoms with van der Waals surface area (Å²) in [6.45, 7) is 4.14. The lowest BCUT2D eigenvalue weighted by Gasteiger charge is -2.33. The number of nitrogens with one attached hydrogen (secondary N) is 1. The minimum Gasteiger partial charge on any atom is -0.494 e. The molecule has 0 bridgehead atoms. The maximum Gasteiger partial charge on any atom is 0.225 e. The second kappa shape index (κ2) is 10.1. The summed E-state index contributed by atoms with van der Waals surface area (Å²) >= 11 is 0. The van der Waals surface area contributed by atoms with Crippen molar-refractivity contribution < 1.29 is 9.53 Å². The molecule has 3 aromatic rings. The van der Waals surface area contributed by atoms with Gasteiger partial charge in [0.15, 0.2) is 0 Å². The van der Waals surface area contributed by atoms with Gasteiger partial charge in [-0.3, -0.25) is 9.78 Å². The molecule has 1 saturated heterocycles. The van der Waals surface area contributed by atoms with E-state index in [1.165, 1.54) is 0 Å². The van der Waals surface area contributed by atoms with Crippen molar-refractivity contribution in [3.8, 4) is 5.75 Å². The summed E-state index contributed by atoms with van der Waals surface area (Å²) in [4.78, 5) is 24.0. The number of hydrogen-bond donors (Lipinski definition) is 1. The van der Waals surface area contributed by atoms with Crippen LogP contribution in [0.2, 0.25) is 0 Å². The second-order valence-electron chi connectivity index (χ2n) is 7.70. The molecule has 2 heterocycles. The van der Waals surface area contributed by atoms with Gasteiger partial charge in [-0.05, 0) is 43.0 Å². The van der Waals surface area contributed by atoms with Crippen LogP contribution in [-0.2, 0) is 4.79 Å². The SMILES string of the molecule is CCOc1ccc([C@H](NC(=O)[C@H]2CCCN(c3cnccn3)C2)c2ccccc2)cc1. The van der Waals surface area contributed by atoms with Crippen molar-refractivity contribution in [2.45, 2.75) is 25.8 Å². The molecule has 1 aromatic heterocycles. The average Bonchev–Trinajstić information content (AvgIpc) is 2.84. The first kappa shape index (κ1) is 20.8. The van der Waals surface area contributed by atoms with Gasteiger partial charge in [-0.25, -0.2) is 4.98 Å². The third-order valence-electron chi connectivity index (χ3n) is 5.61. The van der Waals surface area contributed by atoms with E-state index in [1.807, 2.05) is 61.5 Å². The monoisotopic (exact) mass is 416 g/mol. The first-order chi connectivity index (χ1) is 15.2. The molecule has 6 nitrogen and oxygen atoms in total. The lowest BCUT2D eigenvalue weighted by Crippen LogP contribution is -2.44. The van der Waals surface area contributed by atoms with Crippen molar-refractivity contribution in [2.24, 2.45) is 5.92 Å². The lowest BCUT2D eigenvalue weighted by molar-refractivity contribution is -0.125. The van der Waals surface area contributed by atoms with Crippen LogP contribution in [0.15, 0.2) is 73.2 Å². The van der Waals surface area contributed by atoms with Gasteiger partial charge < -0.3 is 15.0 Å². The molecular weight excluding hydrogens is 388 g/mol. The molecule has 0 unspecified atom stereocenters. The highest BCUT2D eigenvalue weighted by atomic mass is 16.5. The predicted octanol–water partition coefficient (Wildman–Crippen LogP) is 4.00. The van der Waals surface area contributed by atoms with Crippen LogP contribution in [0.5, 0.6) is 5.75 Å². The van der Waals surface area contributed by atoms with Crippen molar-refractivity contribution in [1.29, 1.82) is 0 Å². The van der Waals surface area contributed by atoms with Gasteiger partial charge in [-0.1, -0.05) is 42.5 Å². The van der Waals surface area contributed by atoms with E-state index in [2.05, 4.69) is 20.2 Å². The Hall–Kier alpha value is -3.41. The van der Waals surface area contributed by atoms with E-state index < -0.39 is 0 Å². The van der Waals surface area contributed by atoms with E-state index in [0.717, 1.165) is 42.1 Å². The number of hydrogen-bond acceptors (Lipinski definition) is 5. The molecule has 2 aromatic carbocycles. The Morgan fingerprint density at radius 1 is 1.13 bits per heavy atom. The molecule has 31 heavy (non-hydrogen) atoms. The van der Waals surface area contributed by atoms with Crippen molar-refractivity contribution in [1.82, 2.24) is 15.3 Å². The number of amides is 1. The van der Waals surface area contributed by atoms with Gasteiger partial charge in [0, 0.05) is 25.5 Å². The van der Waals surface area contributed by atoms with Gasteiger partial charge >= 0.3 is 0 Å². The molecule has 4 rings (SSSR count). The molecule has 0 radical (unpaired) electrons. The molecule has 1 aliphatic rings. The summed E-state index contributed by atoms with van der Waals surface area (Å²) in [5.41, 5.74) is 2.09. The number of rotatable bonds is 7. The Morgan fingerprint density at radius 2 is 1.90 bits per heavy atom. The number of benzene rings is 2. The number of carbonyl (C=O) groups is 1. The Bertz CT molecular complexity index is 964. The van der Waals surface area contributed by atoms with Crippen molar-refractivity contribution in [2.75, 3.05) is 24.6 Å². The summed E-state index contributed by atoms with van der Waals surface area (Å²) in [5.74, 6) is 1.63. The zero-order chi connectivity index (χ0) is 21.5. The van der Waals surface area contributed by atoms with Crippen molar-refractivity contribution >= 4 is 11.7 Å². The summed E-state index contributed by atoms with van der Waals surface area (Å²) in [7, 11) is 0. The first-order valence-corrected chi connectivity index (χ1v) is 10.8. The fourth-order valence-corrected chi connectivity index (χ4v) is 4.04. The van der Waals surface area contributed by atoms with E-state index in [-0.39, 0.29) is 17.9 Å². The highest BCUT2D eigenvalue weighted by Gasteiger charge is 2.28. The normalized spacial score (nSPS) is 17.1. The molecular formula is C25H28N4O2. The van der Waals surface area contributed by atoms with E-state index in [1.54, 1.807) is 18.6 Å². The maximum atomic E-state index is 13.3. The molecule has 0 saturated carbocycles. The highest BCUT2D eigenvalue weighted by Crippen LogP contribution is 2.27. The van der Waals surface area contributed by atoms with Crippen LogP contribution in [0.3, 0.4) is 0 Å². The zero-order valence-corrected chi connectivity index (χ0v) is 17.8. The van der Waals surface area contributed by atoms with E-state index >= 15 is 0 Å². The number of ether oxygens (including phenoxy) is 1. The lowest BCUT2D eigenvalue weighted by atomic mass is 9.94. The smallest absolute Gasteiger partial charge is 0.225 e. The third kappa shape index (κ3) is 5.20. The number of aromatic nitrogens is 2. The Balaban J connectivity index is 1.51. The molecule has 6 heteroatoms. The molecule has 0 spiro atoms. The largest absolute Gasteiger partial charge is 0.494 e. The fourth-order valence-electron chi connectivity index (χ4n) is 4.04. The zero-order valence-electron chi connectivity index (χ0n) is 17.8. The second-order valence-corrected chi connectivity index (χ2v) is 7.70. The number of carbonyl (C=O) groups excluding carboxylic acids is 1. The van der Waals surface area contributed by atoms with Gasteiger partial charge in [0.2, 0.25) is 5.91 Å². The summed E-state index contributed by atoms with van der Waals surface area (Å²) in [6, 6.07) is 17.8. The van der Waals surface area contributed by atoms with Gasteiger partial charge in [-0.15, -0.1) is 0 Å². The van der Waals surface area contributed by atoms with Crippen molar-refractivity contribution in [3.05, 3.63) is 84.3 Å². The van der Waals surface area contributed by atoms with Gasteiger partial charge in [-0.2, -0.15) is 0 Å². The summed E-state index contributed by atoms with van der Waals surface area (Å²) < 4.78 is 5.57. The Morgan fingerprint density at radius 3 is 2.61 bits per heavy atom. The Kier molecular flexibility index (Phi) is 6.77.